The number of esters is 1. The minimum atomic E-state index is -0.412. The van der Waals surface area contributed by atoms with Crippen molar-refractivity contribution in [2.45, 2.75) is 33.2 Å². The summed E-state index contributed by atoms with van der Waals surface area (Å²) in [6.07, 6.45) is 2.29. The van der Waals surface area contributed by atoms with Crippen LogP contribution < -0.4 is 15.4 Å². The van der Waals surface area contributed by atoms with Crippen LogP contribution in [0.1, 0.15) is 42.6 Å². The van der Waals surface area contributed by atoms with Crippen LogP contribution in [-0.2, 0) is 11.3 Å². The molecule has 6 nitrogen and oxygen atoms in total. The highest BCUT2D eigenvalue weighted by molar-refractivity contribution is 5.92. The standard InChI is InChI=1S/C18H29N3O3/c1-13(2)7-6-10-20-18(19-3)21-12-14-8-9-16(23-4)15(11-14)17(22)24-5/h8-9,11,13H,6-7,10,12H2,1-5H3,(H2,19,20,21). The fourth-order valence-corrected chi connectivity index (χ4v) is 2.26. The van der Waals surface area contributed by atoms with E-state index in [2.05, 4.69) is 29.5 Å². The average Bonchev–Trinajstić information content (AvgIpc) is 2.59. The average molecular weight is 335 g/mol. The summed E-state index contributed by atoms with van der Waals surface area (Å²) in [5, 5.41) is 6.53. The summed E-state index contributed by atoms with van der Waals surface area (Å²) in [5.41, 5.74) is 1.36. The zero-order valence-corrected chi connectivity index (χ0v) is 15.3. The summed E-state index contributed by atoms with van der Waals surface area (Å²) < 4.78 is 9.99. The van der Waals surface area contributed by atoms with Crippen molar-refractivity contribution in [3.63, 3.8) is 0 Å². The van der Waals surface area contributed by atoms with Crippen molar-refractivity contribution < 1.29 is 14.3 Å². The van der Waals surface area contributed by atoms with Gasteiger partial charge in [0.2, 0.25) is 0 Å². The minimum Gasteiger partial charge on any atom is -0.496 e. The highest BCUT2D eigenvalue weighted by Gasteiger charge is 2.13. The highest BCUT2D eigenvalue weighted by atomic mass is 16.5. The number of aliphatic imine (C=N–C) groups is 1. The highest BCUT2D eigenvalue weighted by Crippen LogP contribution is 2.20. The van der Waals surface area contributed by atoms with Crippen molar-refractivity contribution in [2.75, 3.05) is 27.8 Å². The number of hydrogen-bond acceptors (Lipinski definition) is 4. The van der Waals surface area contributed by atoms with Crippen LogP contribution >= 0.6 is 0 Å². The van der Waals surface area contributed by atoms with Crippen molar-refractivity contribution in [1.82, 2.24) is 10.6 Å². The van der Waals surface area contributed by atoms with Gasteiger partial charge in [0.25, 0.3) is 0 Å². The maximum atomic E-state index is 11.8. The number of ether oxygens (including phenoxy) is 2. The number of rotatable bonds is 8. The van der Waals surface area contributed by atoms with E-state index < -0.39 is 5.97 Å². The van der Waals surface area contributed by atoms with Crippen molar-refractivity contribution in [2.24, 2.45) is 10.9 Å². The molecule has 1 aromatic carbocycles. The van der Waals surface area contributed by atoms with Gasteiger partial charge in [-0.25, -0.2) is 4.79 Å². The molecule has 0 bridgehead atoms. The summed E-state index contributed by atoms with van der Waals surface area (Å²) in [4.78, 5) is 16.0. The lowest BCUT2D eigenvalue weighted by molar-refractivity contribution is 0.0597. The van der Waals surface area contributed by atoms with E-state index in [-0.39, 0.29) is 0 Å². The second kappa shape index (κ2) is 10.5. The van der Waals surface area contributed by atoms with E-state index in [1.165, 1.54) is 20.6 Å². The van der Waals surface area contributed by atoms with E-state index >= 15 is 0 Å². The predicted molar refractivity (Wildman–Crippen MR) is 96.6 cm³/mol. The molecule has 0 amide bonds. The summed E-state index contributed by atoms with van der Waals surface area (Å²) in [5.74, 6) is 1.54. The van der Waals surface area contributed by atoms with E-state index in [0.717, 1.165) is 24.5 Å². The van der Waals surface area contributed by atoms with Gasteiger partial charge in [0.1, 0.15) is 11.3 Å². The van der Waals surface area contributed by atoms with E-state index in [0.29, 0.717) is 23.8 Å². The van der Waals surface area contributed by atoms with Crippen LogP contribution in [0, 0.1) is 5.92 Å². The largest absolute Gasteiger partial charge is 0.496 e. The third-order valence-corrected chi connectivity index (χ3v) is 3.60. The number of carbonyl (C=O) groups excluding carboxylic acids is 1. The molecule has 0 atom stereocenters. The van der Waals surface area contributed by atoms with Crippen LogP contribution in [0.15, 0.2) is 23.2 Å². The quantitative estimate of drug-likeness (QED) is 0.331. The zero-order valence-electron chi connectivity index (χ0n) is 15.3. The summed E-state index contributed by atoms with van der Waals surface area (Å²) in [6.45, 7) is 5.87. The number of hydrogen-bond donors (Lipinski definition) is 2. The molecular formula is C18H29N3O3. The van der Waals surface area contributed by atoms with E-state index in [1.54, 1.807) is 19.2 Å². The number of guanidine groups is 1. The Morgan fingerprint density at radius 1 is 1.25 bits per heavy atom. The Bertz CT molecular complexity index is 556. The molecule has 0 aliphatic heterocycles. The van der Waals surface area contributed by atoms with E-state index in [9.17, 15) is 4.79 Å². The van der Waals surface area contributed by atoms with Gasteiger partial charge < -0.3 is 20.1 Å². The Kier molecular flexibility index (Phi) is 8.68. The number of benzene rings is 1. The molecule has 0 aliphatic carbocycles. The maximum Gasteiger partial charge on any atom is 0.341 e. The van der Waals surface area contributed by atoms with Crippen molar-refractivity contribution in [3.8, 4) is 5.75 Å². The Labute approximate surface area is 144 Å². The molecule has 2 N–H and O–H groups in total. The molecule has 1 aromatic rings. The third kappa shape index (κ3) is 6.48. The predicted octanol–water partition coefficient (Wildman–Crippen LogP) is 2.58. The van der Waals surface area contributed by atoms with Gasteiger partial charge in [0.05, 0.1) is 14.2 Å². The smallest absolute Gasteiger partial charge is 0.341 e. The molecule has 0 aliphatic rings. The van der Waals surface area contributed by atoms with Gasteiger partial charge in [0, 0.05) is 20.1 Å². The van der Waals surface area contributed by atoms with Crippen LogP contribution in [0.2, 0.25) is 0 Å². The summed E-state index contributed by atoms with van der Waals surface area (Å²) >= 11 is 0. The number of methoxy groups -OCH3 is 2. The second-order valence-corrected chi connectivity index (χ2v) is 5.91. The third-order valence-electron chi connectivity index (χ3n) is 3.60. The van der Waals surface area contributed by atoms with Crippen LogP contribution in [0.4, 0.5) is 0 Å². The van der Waals surface area contributed by atoms with Crippen LogP contribution in [0.5, 0.6) is 5.75 Å². The van der Waals surface area contributed by atoms with Gasteiger partial charge in [-0.15, -0.1) is 0 Å². The maximum absolute atomic E-state index is 11.8. The van der Waals surface area contributed by atoms with Crippen molar-refractivity contribution in [3.05, 3.63) is 29.3 Å². The molecule has 0 heterocycles. The molecule has 0 radical (unpaired) electrons. The monoisotopic (exact) mass is 335 g/mol. The first-order chi connectivity index (χ1) is 11.5. The van der Waals surface area contributed by atoms with Crippen LogP contribution in [0.25, 0.3) is 0 Å². The van der Waals surface area contributed by atoms with Crippen molar-refractivity contribution in [1.29, 1.82) is 0 Å². The molecule has 134 valence electrons. The van der Waals surface area contributed by atoms with Crippen LogP contribution in [-0.4, -0.2) is 39.7 Å². The lowest BCUT2D eigenvalue weighted by atomic mass is 10.1. The molecule has 0 aromatic heterocycles. The minimum absolute atomic E-state index is 0.412. The van der Waals surface area contributed by atoms with Gasteiger partial charge >= 0.3 is 5.97 Å². The van der Waals surface area contributed by atoms with Gasteiger partial charge in [0.15, 0.2) is 5.96 Å². The molecule has 0 spiro atoms. The Hall–Kier alpha value is -2.24. The lowest BCUT2D eigenvalue weighted by Crippen LogP contribution is -2.37. The number of carbonyl (C=O) groups is 1. The van der Waals surface area contributed by atoms with Gasteiger partial charge in [-0.3, -0.25) is 4.99 Å². The van der Waals surface area contributed by atoms with Gasteiger partial charge in [-0.1, -0.05) is 19.9 Å². The van der Waals surface area contributed by atoms with Crippen LogP contribution in [0.3, 0.4) is 0 Å². The normalized spacial score (nSPS) is 11.3. The SMILES string of the molecule is CN=C(NCCCC(C)C)NCc1ccc(OC)c(C(=O)OC)c1. The Balaban J connectivity index is 2.60. The topological polar surface area (TPSA) is 72.0 Å². The summed E-state index contributed by atoms with van der Waals surface area (Å²) in [7, 11) is 4.63. The first-order valence-corrected chi connectivity index (χ1v) is 8.21. The molecule has 24 heavy (non-hydrogen) atoms. The van der Waals surface area contributed by atoms with Gasteiger partial charge in [-0.05, 0) is 36.5 Å². The molecule has 0 saturated carbocycles. The molecule has 1 rings (SSSR count). The number of nitrogens with one attached hydrogen (secondary N) is 2. The molecule has 0 saturated heterocycles. The lowest BCUT2D eigenvalue weighted by Gasteiger charge is -2.14. The second-order valence-electron chi connectivity index (χ2n) is 5.91. The molecular weight excluding hydrogens is 306 g/mol. The van der Waals surface area contributed by atoms with E-state index in [1.807, 2.05) is 6.07 Å². The summed E-state index contributed by atoms with van der Waals surface area (Å²) in [6, 6.07) is 5.44. The first kappa shape index (κ1) is 19.8. The fraction of sp³-hybridized carbons (Fsp3) is 0.556. The zero-order chi connectivity index (χ0) is 17.9. The number of nitrogens with zero attached hydrogens (tertiary/aromatic N) is 1. The molecule has 0 fully saturated rings. The fourth-order valence-electron chi connectivity index (χ4n) is 2.26. The molecule has 6 heteroatoms. The Morgan fingerprint density at radius 2 is 2.00 bits per heavy atom. The Morgan fingerprint density at radius 3 is 2.58 bits per heavy atom. The van der Waals surface area contributed by atoms with E-state index in [4.69, 9.17) is 9.47 Å². The molecule has 0 unspecified atom stereocenters. The van der Waals surface area contributed by atoms with Gasteiger partial charge in [-0.2, -0.15) is 0 Å². The first-order valence-electron chi connectivity index (χ1n) is 8.21. The van der Waals surface area contributed by atoms with Crippen molar-refractivity contribution >= 4 is 11.9 Å².